The van der Waals surface area contributed by atoms with Gasteiger partial charge in [-0.05, 0) is 45.1 Å². The molecule has 3 unspecified atom stereocenters. The lowest BCUT2D eigenvalue weighted by atomic mass is 9.94. The topological polar surface area (TPSA) is 42.7 Å². The summed E-state index contributed by atoms with van der Waals surface area (Å²) in [5, 5.41) is 12.3. The van der Waals surface area contributed by atoms with E-state index < -0.39 is 0 Å². The van der Waals surface area contributed by atoms with Crippen molar-refractivity contribution < 1.29 is 0 Å². The minimum atomic E-state index is 0.460. The fourth-order valence-electron chi connectivity index (χ4n) is 3.76. The molecule has 4 nitrogen and oxygen atoms in total. The first-order chi connectivity index (χ1) is 8.66. The highest BCUT2D eigenvalue weighted by Gasteiger charge is 2.37. The largest absolute Gasteiger partial charge is 0.314 e. The first-order valence-corrected chi connectivity index (χ1v) is 7.31. The normalized spacial score (nSPS) is 31.9. The number of aryl methyl sites for hydroxylation is 1. The number of hydrogen-bond donors (Lipinski definition) is 1. The summed E-state index contributed by atoms with van der Waals surface area (Å²) in [6.07, 6.45) is 5.29. The van der Waals surface area contributed by atoms with E-state index in [1.165, 1.54) is 32.2 Å². The van der Waals surface area contributed by atoms with E-state index in [1.54, 1.807) is 0 Å². The molecular weight excluding hydrogens is 224 g/mol. The van der Waals surface area contributed by atoms with Crippen molar-refractivity contribution in [3.05, 3.63) is 11.6 Å². The molecule has 2 heterocycles. The van der Waals surface area contributed by atoms with Crippen LogP contribution in [-0.2, 0) is 0 Å². The van der Waals surface area contributed by atoms with Crippen LogP contribution in [0.2, 0.25) is 0 Å². The monoisotopic (exact) mass is 248 g/mol. The van der Waals surface area contributed by atoms with Gasteiger partial charge in [-0.1, -0.05) is 13.8 Å². The molecule has 3 rings (SSSR count). The molecule has 18 heavy (non-hydrogen) atoms. The maximum Gasteiger partial charge on any atom is 0.135 e. The van der Waals surface area contributed by atoms with Crippen LogP contribution in [0.5, 0.6) is 0 Å². The van der Waals surface area contributed by atoms with E-state index in [9.17, 15) is 0 Å². The number of nitrogens with zero attached hydrogens (tertiary/aromatic N) is 3. The Morgan fingerprint density at radius 2 is 2.11 bits per heavy atom. The van der Waals surface area contributed by atoms with Crippen LogP contribution >= 0.6 is 0 Å². The van der Waals surface area contributed by atoms with Crippen LogP contribution in [0, 0.1) is 12.8 Å². The standard InChI is InChI=1S/C14H24N4/c1-9(2)14-17-16-10(3)18(14)12-7-11-5-4-6-15-13(11)8-12/h9,11-13,15H,4-8H2,1-3H3. The van der Waals surface area contributed by atoms with Crippen LogP contribution in [0.25, 0.3) is 0 Å². The SMILES string of the molecule is Cc1nnc(C(C)C)n1C1CC2CCCNC2C1. The lowest BCUT2D eigenvalue weighted by Crippen LogP contribution is -2.37. The Bertz CT molecular complexity index is 409. The van der Waals surface area contributed by atoms with Gasteiger partial charge < -0.3 is 9.88 Å². The first kappa shape index (κ1) is 12.2. The van der Waals surface area contributed by atoms with Crippen molar-refractivity contribution in [2.24, 2.45) is 5.92 Å². The van der Waals surface area contributed by atoms with E-state index in [2.05, 4.69) is 40.9 Å². The van der Waals surface area contributed by atoms with E-state index >= 15 is 0 Å². The summed E-state index contributed by atoms with van der Waals surface area (Å²) in [5.41, 5.74) is 0. The van der Waals surface area contributed by atoms with Crippen molar-refractivity contribution in [1.82, 2.24) is 20.1 Å². The Kier molecular flexibility index (Phi) is 3.14. The van der Waals surface area contributed by atoms with Crippen LogP contribution in [0.15, 0.2) is 0 Å². The summed E-state index contributed by atoms with van der Waals surface area (Å²) >= 11 is 0. The third-order valence-corrected chi connectivity index (χ3v) is 4.60. The summed E-state index contributed by atoms with van der Waals surface area (Å²) in [4.78, 5) is 0. The van der Waals surface area contributed by atoms with Crippen LogP contribution in [0.3, 0.4) is 0 Å². The summed E-state index contributed by atoms with van der Waals surface area (Å²) in [7, 11) is 0. The molecule has 0 bridgehead atoms. The molecule has 0 aromatic carbocycles. The van der Waals surface area contributed by atoms with Crippen LogP contribution in [0.4, 0.5) is 0 Å². The van der Waals surface area contributed by atoms with Crippen molar-refractivity contribution >= 4 is 0 Å². The molecule has 1 aliphatic carbocycles. The summed E-state index contributed by atoms with van der Waals surface area (Å²) in [5.74, 6) is 3.57. The maximum atomic E-state index is 4.37. The van der Waals surface area contributed by atoms with Crippen molar-refractivity contribution in [1.29, 1.82) is 0 Å². The third kappa shape index (κ3) is 1.96. The molecule has 0 amide bonds. The van der Waals surface area contributed by atoms with Gasteiger partial charge >= 0.3 is 0 Å². The molecule has 1 saturated carbocycles. The zero-order chi connectivity index (χ0) is 12.7. The molecule has 1 aliphatic heterocycles. The smallest absolute Gasteiger partial charge is 0.135 e. The van der Waals surface area contributed by atoms with Gasteiger partial charge in [-0.25, -0.2) is 0 Å². The summed E-state index contributed by atoms with van der Waals surface area (Å²) in [6.45, 7) is 7.71. The van der Waals surface area contributed by atoms with Crippen LogP contribution in [-0.4, -0.2) is 27.4 Å². The minimum absolute atomic E-state index is 0.460. The molecular formula is C14H24N4. The fraction of sp³-hybridized carbons (Fsp3) is 0.857. The Labute approximate surface area is 109 Å². The quantitative estimate of drug-likeness (QED) is 0.874. The predicted octanol–water partition coefficient (Wildman–Crippen LogP) is 2.41. The lowest BCUT2D eigenvalue weighted by Gasteiger charge is -2.25. The molecule has 2 fully saturated rings. The molecule has 3 atom stereocenters. The average molecular weight is 248 g/mol. The zero-order valence-corrected chi connectivity index (χ0v) is 11.7. The molecule has 2 aliphatic rings. The van der Waals surface area contributed by atoms with Gasteiger partial charge in [-0.15, -0.1) is 10.2 Å². The third-order valence-electron chi connectivity index (χ3n) is 4.60. The Morgan fingerprint density at radius 3 is 2.83 bits per heavy atom. The second kappa shape index (κ2) is 4.65. The number of piperidine rings is 1. The maximum absolute atomic E-state index is 4.37. The Morgan fingerprint density at radius 1 is 1.28 bits per heavy atom. The highest BCUT2D eigenvalue weighted by molar-refractivity contribution is 5.05. The Balaban J connectivity index is 1.85. The molecule has 1 N–H and O–H groups in total. The number of nitrogens with one attached hydrogen (secondary N) is 1. The van der Waals surface area contributed by atoms with E-state index in [0.717, 1.165) is 23.6 Å². The van der Waals surface area contributed by atoms with Gasteiger partial charge in [-0.2, -0.15) is 0 Å². The van der Waals surface area contributed by atoms with Gasteiger partial charge in [0.15, 0.2) is 0 Å². The average Bonchev–Trinajstić information content (AvgIpc) is 2.91. The molecule has 1 saturated heterocycles. The fourth-order valence-corrected chi connectivity index (χ4v) is 3.76. The van der Waals surface area contributed by atoms with Gasteiger partial charge in [0.2, 0.25) is 0 Å². The van der Waals surface area contributed by atoms with Crippen LogP contribution in [0.1, 0.15) is 63.1 Å². The number of aromatic nitrogens is 3. The van der Waals surface area contributed by atoms with E-state index in [4.69, 9.17) is 0 Å². The van der Waals surface area contributed by atoms with E-state index in [0.29, 0.717) is 12.0 Å². The van der Waals surface area contributed by atoms with E-state index in [-0.39, 0.29) is 0 Å². The summed E-state index contributed by atoms with van der Waals surface area (Å²) in [6, 6.07) is 1.34. The molecule has 1 aromatic heterocycles. The minimum Gasteiger partial charge on any atom is -0.314 e. The van der Waals surface area contributed by atoms with Crippen molar-refractivity contribution in [2.45, 2.75) is 64.5 Å². The summed E-state index contributed by atoms with van der Waals surface area (Å²) < 4.78 is 2.41. The number of hydrogen-bond acceptors (Lipinski definition) is 3. The zero-order valence-electron chi connectivity index (χ0n) is 11.7. The van der Waals surface area contributed by atoms with Gasteiger partial charge in [0.1, 0.15) is 11.6 Å². The predicted molar refractivity (Wildman–Crippen MR) is 71.6 cm³/mol. The lowest BCUT2D eigenvalue weighted by molar-refractivity contribution is 0.318. The van der Waals surface area contributed by atoms with Gasteiger partial charge in [0.25, 0.3) is 0 Å². The highest BCUT2D eigenvalue weighted by atomic mass is 15.3. The molecule has 0 spiro atoms. The molecule has 4 heteroatoms. The number of rotatable bonds is 2. The molecule has 0 radical (unpaired) electrons. The number of fused-ring (bicyclic) bond motifs is 1. The van der Waals surface area contributed by atoms with E-state index in [1.807, 2.05) is 0 Å². The van der Waals surface area contributed by atoms with Gasteiger partial charge in [-0.3, -0.25) is 0 Å². The molecule has 1 aromatic rings. The van der Waals surface area contributed by atoms with Crippen molar-refractivity contribution in [2.75, 3.05) is 6.54 Å². The second-order valence-electron chi connectivity index (χ2n) is 6.22. The highest BCUT2D eigenvalue weighted by Crippen LogP contribution is 2.40. The van der Waals surface area contributed by atoms with Crippen LogP contribution < -0.4 is 5.32 Å². The van der Waals surface area contributed by atoms with Crippen molar-refractivity contribution in [3.63, 3.8) is 0 Å². The van der Waals surface area contributed by atoms with Gasteiger partial charge in [0, 0.05) is 18.0 Å². The van der Waals surface area contributed by atoms with Crippen molar-refractivity contribution in [3.8, 4) is 0 Å². The first-order valence-electron chi connectivity index (χ1n) is 7.31. The van der Waals surface area contributed by atoms with Gasteiger partial charge in [0.05, 0.1) is 0 Å². The Hall–Kier alpha value is -0.900. The molecule has 100 valence electrons. The second-order valence-corrected chi connectivity index (χ2v) is 6.22.